The standard InChI is InChI=1S/C17H15N5/c1-21-7-4-15(20-21)22-14-8-13(3-2-12(14)9-19-22)17(11-18)10-16(17)5-6-16/h2-4,7-9H,5-6,10H2,1H3. The number of nitriles is 1. The average Bonchev–Trinajstić information content (AvgIpc) is 3.32. The predicted octanol–water partition coefficient (Wildman–Crippen LogP) is 2.70. The summed E-state index contributed by atoms with van der Waals surface area (Å²) in [5.74, 6) is 0.803. The fourth-order valence-corrected chi connectivity index (χ4v) is 3.83. The first-order valence-electron chi connectivity index (χ1n) is 7.57. The molecule has 1 spiro atoms. The summed E-state index contributed by atoms with van der Waals surface area (Å²) in [4.78, 5) is 0. The zero-order valence-corrected chi connectivity index (χ0v) is 12.3. The summed E-state index contributed by atoms with van der Waals surface area (Å²) in [7, 11) is 1.90. The van der Waals surface area contributed by atoms with Gasteiger partial charge in [-0.2, -0.15) is 15.5 Å². The second-order valence-electron chi connectivity index (χ2n) is 6.65. The topological polar surface area (TPSA) is 59.4 Å². The van der Waals surface area contributed by atoms with Gasteiger partial charge in [0.1, 0.15) is 0 Å². The van der Waals surface area contributed by atoms with Crippen molar-refractivity contribution in [2.24, 2.45) is 12.5 Å². The van der Waals surface area contributed by atoms with Crippen LogP contribution in [-0.4, -0.2) is 19.6 Å². The van der Waals surface area contributed by atoms with Gasteiger partial charge in [-0.3, -0.25) is 4.68 Å². The van der Waals surface area contributed by atoms with Crippen molar-refractivity contribution in [2.75, 3.05) is 0 Å². The second-order valence-corrected chi connectivity index (χ2v) is 6.65. The van der Waals surface area contributed by atoms with Crippen molar-refractivity contribution < 1.29 is 0 Å². The Morgan fingerprint density at radius 1 is 1.27 bits per heavy atom. The van der Waals surface area contributed by atoms with E-state index in [1.54, 1.807) is 4.68 Å². The number of aromatic nitrogens is 4. The molecule has 22 heavy (non-hydrogen) atoms. The molecule has 108 valence electrons. The molecule has 2 aromatic heterocycles. The second kappa shape index (κ2) is 3.58. The Labute approximate surface area is 127 Å². The molecule has 1 unspecified atom stereocenters. The van der Waals surface area contributed by atoms with E-state index in [-0.39, 0.29) is 10.8 Å². The van der Waals surface area contributed by atoms with Gasteiger partial charge in [0.2, 0.25) is 0 Å². The lowest BCUT2D eigenvalue weighted by Crippen LogP contribution is -2.08. The summed E-state index contributed by atoms with van der Waals surface area (Å²) < 4.78 is 3.62. The SMILES string of the molecule is Cn1ccc(-n2ncc3ccc(C4(C#N)CC45CC5)cc32)n1. The van der Waals surface area contributed by atoms with E-state index in [0.717, 1.165) is 28.7 Å². The molecule has 0 radical (unpaired) electrons. The highest BCUT2D eigenvalue weighted by Gasteiger charge is 2.75. The van der Waals surface area contributed by atoms with E-state index in [1.807, 2.05) is 30.2 Å². The van der Waals surface area contributed by atoms with Crippen LogP contribution in [0.5, 0.6) is 0 Å². The van der Waals surface area contributed by atoms with Crippen molar-refractivity contribution >= 4 is 10.9 Å². The molecule has 1 aromatic carbocycles. The first-order chi connectivity index (χ1) is 10.7. The Bertz CT molecular complexity index is 953. The van der Waals surface area contributed by atoms with Gasteiger partial charge in [-0.15, -0.1) is 0 Å². The molecule has 5 nitrogen and oxygen atoms in total. The van der Waals surface area contributed by atoms with Crippen LogP contribution >= 0.6 is 0 Å². The maximum Gasteiger partial charge on any atom is 0.175 e. The van der Waals surface area contributed by atoms with Gasteiger partial charge in [-0.1, -0.05) is 12.1 Å². The molecule has 2 aliphatic rings. The molecule has 2 saturated carbocycles. The third-order valence-corrected chi connectivity index (χ3v) is 5.41. The predicted molar refractivity (Wildman–Crippen MR) is 81.4 cm³/mol. The monoisotopic (exact) mass is 289 g/mol. The third-order valence-electron chi connectivity index (χ3n) is 5.41. The number of hydrogen-bond donors (Lipinski definition) is 0. The van der Waals surface area contributed by atoms with Crippen molar-refractivity contribution in [2.45, 2.75) is 24.7 Å². The number of rotatable bonds is 2. The summed E-state index contributed by atoms with van der Waals surface area (Å²) in [6, 6.07) is 10.8. The fourth-order valence-electron chi connectivity index (χ4n) is 3.83. The molecule has 2 heterocycles. The zero-order chi connectivity index (χ0) is 14.9. The smallest absolute Gasteiger partial charge is 0.175 e. The largest absolute Gasteiger partial charge is 0.274 e. The lowest BCUT2D eigenvalue weighted by Gasteiger charge is -2.09. The minimum absolute atomic E-state index is 0.263. The van der Waals surface area contributed by atoms with Gasteiger partial charge in [-0.05, 0) is 36.3 Å². The molecule has 0 N–H and O–H groups in total. The molecule has 0 aliphatic heterocycles. The van der Waals surface area contributed by atoms with Gasteiger partial charge < -0.3 is 0 Å². The molecule has 3 aromatic rings. The first-order valence-corrected chi connectivity index (χ1v) is 7.57. The van der Waals surface area contributed by atoms with E-state index in [1.165, 1.54) is 12.8 Å². The van der Waals surface area contributed by atoms with E-state index in [0.29, 0.717) is 0 Å². The Morgan fingerprint density at radius 2 is 2.14 bits per heavy atom. The van der Waals surface area contributed by atoms with Crippen molar-refractivity contribution in [3.8, 4) is 11.9 Å². The van der Waals surface area contributed by atoms with Crippen LogP contribution in [0.25, 0.3) is 16.7 Å². The minimum Gasteiger partial charge on any atom is -0.274 e. The van der Waals surface area contributed by atoms with E-state index in [9.17, 15) is 5.26 Å². The Hall–Kier alpha value is -2.61. The van der Waals surface area contributed by atoms with E-state index < -0.39 is 0 Å². The summed E-state index contributed by atoms with van der Waals surface area (Å²) in [6.07, 6.45) is 7.16. The molecule has 5 heteroatoms. The van der Waals surface area contributed by atoms with Crippen molar-refractivity contribution in [1.82, 2.24) is 19.6 Å². The molecule has 5 rings (SSSR count). The molecule has 0 bridgehead atoms. The zero-order valence-electron chi connectivity index (χ0n) is 12.3. The van der Waals surface area contributed by atoms with Crippen molar-refractivity contribution in [3.05, 3.63) is 42.2 Å². The van der Waals surface area contributed by atoms with Crippen molar-refractivity contribution in [3.63, 3.8) is 0 Å². The highest BCUT2D eigenvalue weighted by atomic mass is 15.4. The number of benzene rings is 1. The van der Waals surface area contributed by atoms with Crippen LogP contribution in [0.2, 0.25) is 0 Å². The number of nitrogens with zero attached hydrogens (tertiary/aromatic N) is 5. The van der Waals surface area contributed by atoms with Crippen molar-refractivity contribution in [1.29, 1.82) is 5.26 Å². The van der Waals surface area contributed by atoms with Gasteiger partial charge in [0.25, 0.3) is 0 Å². The van der Waals surface area contributed by atoms with Crippen LogP contribution < -0.4 is 0 Å². The summed E-state index contributed by atoms with van der Waals surface area (Å²) >= 11 is 0. The Kier molecular flexibility index (Phi) is 1.95. The minimum atomic E-state index is -0.263. The normalized spacial score (nSPS) is 24.5. The molecule has 0 amide bonds. The summed E-state index contributed by atoms with van der Waals surface area (Å²) in [5, 5.41) is 19.7. The van der Waals surface area contributed by atoms with Gasteiger partial charge >= 0.3 is 0 Å². The Balaban J connectivity index is 1.69. The molecule has 0 saturated heterocycles. The van der Waals surface area contributed by atoms with Crippen LogP contribution in [0.4, 0.5) is 0 Å². The lowest BCUT2D eigenvalue weighted by atomic mass is 9.93. The van der Waals surface area contributed by atoms with Crippen LogP contribution in [0, 0.1) is 16.7 Å². The quantitative estimate of drug-likeness (QED) is 0.728. The van der Waals surface area contributed by atoms with Crippen LogP contribution in [0.3, 0.4) is 0 Å². The molecule has 1 atom stereocenters. The highest BCUT2D eigenvalue weighted by molar-refractivity contribution is 5.81. The molecular weight excluding hydrogens is 274 g/mol. The van der Waals surface area contributed by atoms with E-state index >= 15 is 0 Å². The highest BCUT2D eigenvalue weighted by Crippen LogP contribution is 2.78. The Morgan fingerprint density at radius 3 is 2.77 bits per heavy atom. The number of fused-ring (bicyclic) bond motifs is 1. The van der Waals surface area contributed by atoms with Gasteiger partial charge in [0.05, 0.1) is 23.2 Å². The maximum atomic E-state index is 9.71. The van der Waals surface area contributed by atoms with Gasteiger partial charge in [0.15, 0.2) is 5.82 Å². The van der Waals surface area contributed by atoms with Crippen LogP contribution in [0.1, 0.15) is 24.8 Å². The number of hydrogen-bond acceptors (Lipinski definition) is 3. The van der Waals surface area contributed by atoms with Gasteiger partial charge in [-0.25, -0.2) is 4.68 Å². The van der Waals surface area contributed by atoms with Crippen LogP contribution in [0.15, 0.2) is 36.7 Å². The maximum absolute atomic E-state index is 9.71. The fraction of sp³-hybridized carbons (Fsp3) is 0.353. The lowest BCUT2D eigenvalue weighted by molar-refractivity contribution is 0.733. The summed E-state index contributed by atoms with van der Waals surface area (Å²) in [6.45, 7) is 0. The molecule has 2 fully saturated rings. The first kappa shape index (κ1) is 12.0. The molecule has 2 aliphatic carbocycles. The number of aryl methyl sites for hydroxylation is 1. The molecular formula is C17H15N5. The third kappa shape index (κ3) is 1.32. The van der Waals surface area contributed by atoms with E-state index in [4.69, 9.17) is 0 Å². The average molecular weight is 289 g/mol. The van der Waals surface area contributed by atoms with E-state index in [2.05, 4.69) is 34.5 Å². The van der Waals surface area contributed by atoms with Gasteiger partial charge in [0, 0.05) is 24.7 Å². The summed E-state index contributed by atoms with van der Waals surface area (Å²) in [5.41, 5.74) is 2.18. The van der Waals surface area contributed by atoms with Crippen LogP contribution in [-0.2, 0) is 12.5 Å².